The van der Waals surface area contributed by atoms with E-state index in [0.717, 1.165) is 6.42 Å². The highest BCUT2D eigenvalue weighted by Crippen LogP contribution is 2.30. The van der Waals surface area contributed by atoms with Gasteiger partial charge >= 0.3 is 0 Å². The van der Waals surface area contributed by atoms with Crippen LogP contribution in [0.25, 0.3) is 0 Å². The SMILES string of the molecule is CCCNC(c1ccc(Br)o1)c1c(F)ccc(C)c1F. The van der Waals surface area contributed by atoms with E-state index in [-0.39, 0.29) is 5.56 Å². The first-order chi connectivity index (χ1) is 9.54. The Morgan fingerprint density at radius 1 is 1.25 bits per heavy atom. The van der Waals surface area contributed by atoms with Gasteiger partial charge < -0.3 is 9.73 Å². The van der Waals surface area contributed by atoms with E-state index in [2.05, 4.69) is 21.2 Å². The second kappa shape index (κ2) is 6.50. The second-order valence-corrected chi connectivity index (χ2v) is 5.40. The van der Waals surface area contributed by atoms with E-state index < -0.39 is 17.7 Å². The standard InChI is InChI=1S/C15H16BrF2NO/c1-3-8-19-15(11-6-7-12(16)20-11)13-10(17)5-4-9(2)14(13)18/h4-7,15,19H,3,8H2,1-2H3. The summed E-state index contributed by atoms with van der Waals surface area (Å²) in [6.07, 6.45) is 0.855. The van der Waals surface area contributed by atoms with Gasteiger partial charge in [0.15, 0.2) is 4.67 Å². The van der Waals surface area contributed by atoms with Gasteiger partial charge in [-0.15, -0.1) is 0 Å². The zero-order valence-electron chi connectivity index (χ0n) is 11.3. The van der Waals surface area contributed by atoms with Crippen molar-refractivity contribution in [1.29, 1.82) is 0 Å². The molecule has 108 valence electrons. The third-order valence-electron chi connectivity index (χ3n) is 3.09. The lowest BCUT2D eigenvalue weighted by molar-refractivity contribution is 0.411. The largest absolute Gasteiger partial charge is 0.452 e. The molecule has 2 nitrogen and oxygen atoms in total. The molecule has 0 bridgehead atoms. The molecule has 1 atom stereocenters. The molecule has 0 fully saturated rings. The van der Waals surface area contributed by atoms with Gasteiger partial charge in [0.05, 0.1) is 6.04 Å². The summed E-state index contributed by atoms with van der Waals surface area (Å²) in [7, 11) is 0. The Kier molecular flexibility index (Phi) is 4.94. The molecule has 1 unspecified atom stereocenters. The monoisotopic (exact) mass is 343 g/mol. The summed E-state index contributed by atoms with van der Waals surface area (Å²) in [6.45, 7) is 4.24. The maximum Gasteiger partial charge on any atom is 0.169 e. The van der Waals surface area contributed by atoms with E-state index in [4.69, 9.17) is 4.42 Å². The van der Waals surface area contributed by atoms with Crippen molar-refractivity contribution in [2.45, 2.75) is 26.3 Å². The van der Waals surface area contributed by atoms with E-state index in [0.29, 0.717) is 22.5 Å². The van der Waals surface area contributed by atoms with Gasteiger partial charge in [-0.3, -0.25) is 0 Å². The first-order valence-electron chi connectivity index (χ1n) is 6.47. The minimum atomic E-state index is -0.638. The summed E-state index contributed by atoms with van der Waals surface area (Å²) in [5.41, 5.74) is 0.413. The highest BCUT2D eigenvalue weighted by molar-refractivity contribution is 9.10. The molecule has 0 spiro atoms. The zero-order chi connectivity index (χ0) is 14.7. The molecular formula is C15H16BrF2NO. The third kappa shape index (κ3) is 3.10. The van der Waals surface area contributed by atoms with Crippen LogP contribution >= 0.6 is 15.9 Å². The van der Waals surface area contributed by atoms with Crippen LogP contribution in [-0.4, -0.2) is 6.54 Å². The quantitative estimate of drug-likeness (QED) is 0.849. The third-order valence-corrected chi connectivity index (χ3v) is 3.51. The van der Waals surface area contributed by atoms with Crippen LogP contribution in [0.15, 0.2) is 33.4 Å². The van der Waals surface area contributed by atoms with E-state index in [1.165, 1.54) is 12.1 Å². The summed E-state index contributed by atoms with van der Waals surface area (Å²) >= 11 is 3.21. The molecule has 1 heterocycles. The number of rotatable bonds is 5. The van der Waals surface area contributed by atoms with Gasteiger partial charge in [-0.1, -0.05) is 13.0 Å². The van der Waals surface area contributed by atoms with Crippen molar-refractivity contribution in [2.75, 3.05) is 6.54 Å². The van der Waals surface area contributed by atoms with Gasteiger partial charge in [-0.2, -0.15) is 0 Å². The Morgan fingerprint density at radius 2 is 2.00 bits per heavy atom. The Labute approximate surface area is 125 Å². The Morgan fingerprint density at radius 3 is 2.60 bits per heavy atom. The van der Waals surface area contributed by atoms with Crippen molar-refractivity contribution in [1.82, 2.24) is 5.32 Å². The molecule has 2 aromatic rings. The number of furan rings is 1. The molecule has 0 aliphatic rings. The fourth-order valence-electron chi connectivity index (χ4n) is 2.06. The molecule has 0 aliphatic carbocycles. The number of halogens is 3. The van der Waals surface area contributed by atoms with Crippen molar-refractivity contribution in [3.63, 3.8) is 0 Å². The van der Waals surface area contributed by atoms with Crippen LogP contribution in [0.1, 0.15) is 36.3 Å². The molecule has 1 N–H and O–H groups in total. The lowest BCUT2D eigenvalue weighted by Gasteiger charge is -2.19. The summed E-state index contributed by atoms with van der Waals surface area (Å²) in [6, 6.07) is 5.50. The molecule has 5 heteroatoms. The van der Waals surface area contributed by atoms with E-state index >= 15 is 0 Å². The summed E-state index contributed by atoms with van der Waals surface area (Å²) in [4.78, 5) is 0. The average molecular weight is 344 g/mol. The zero-order valence-corrected chi connectivity index (χ0v) is 12.9. The van der Waals surface area contributed by atoms with Gasteiger partial charge in [0.1, 0.15) is 17.4 Å². The van der Waals surface area contributed by atoms with Crippen molar-refractivity contribution < 1.29 is 13.2 Å². The molecule has 0 radical (unpaired) electrons. The van der Waals surface area contributed by atoms with Crippen molar-refractivity contribution >= 4 is 15.9 Å². The molecule has 2 rings (SSSR count). The van der Waals surface area contributed by atoms with Crippen LogP contribution < -0.4 is 5.32 Å². The van der Waals surface area contributed by atoms with Gasteiger partial charge in [0.25, 0.3) is 0 Å². The van der Waals surface area contributed by atoms with Gasteiger partial charge in [-0.25, -0.2) is 8.78 Å². The maximum atomic E-state index is 14.3. The minimum absolute atomic E-state index is 0.000278. The van der Waals surface area contributed by atoms with Crippen molar-refractivity contribution in [2.24, 2.45) is 0 Å². The number of hydrogen-bond donors (Lipinski definition) is 1. The predicted molar refractivity (Wildman–Crippen MR) is 77.6 cm³/mol. The normalized spacial score (nSPS) is 12.7. The fraction of sp³-hybridized carbons (Fsp3) is 0.333. The minimum Gasteiger partial charge on any atom is -0.452 e. The first-order valence-corrected chi connectivity index (χ1v) is 7.27. The van der Waals surface area contributed by atoms with Crippen molar-refractivity contribution in [3.8, 4) is 0 Å². The highest BCUT2D eigenvalue weighted by Gasteiger charge is 2.25. The first kappa shape index (κ1) is 15.2. The lowest BCUT2D eigenvalue weighted by atomic mass is 10.0. The van der Waals surface area contributed by atoms with E-state index in [9.17, 15) is 8.78 Å². The predicted octanol–water partition coefficient (Wildman–Crippen LogP) is 4.72. The van der Waals surface area contributed by atoms with Crippen LogP contribution in [0.2, 0.25) is 0 Å². The fourth-order valence-corrected chi connectivity index (χ4v) is 2.38. The Balaban J connectivity index is 2.49. The van der Waals surface area contributed by atoms with Crippen LogP contribution in [0.5, 0.6) is 0 Å². The van der Waals surface area contributed by atoms with Gasteiger partial charge in [0, 0.05) is 5.56 Å². The number of benzene rings is 1. The maximum absolute atomic E-state index is 14.3. The summed E-state index contributed by atoms with van der Waals surface area (Å²) < 4.78 is 34.4. The number of nitrogens with one attached hydrogen (secondary N) is 1. The van der Waals surface area contributed by atoms with Gasteiger partial charge in [-0.05, 0) is 59.6 Å². The number of aryl methyl sites for hydroxylation is 1. The molecule has 0 saturated heterocycles. The van der Waals surface area contributed by atoms with E-state index in [1.54, 1.807) is 19.1 Å². The van der Waals surface area contributed by atoms with Crippen LogP contribution in [-0.2, 0) is 0 Å². The molecule has 20 heavy (non-hydrogen) atoms. The molecule has 1 aromatic heterocycles. The molecule has 1 aromatic carbocycles. The van der Waals surface area contributed by atoms with Gasteiger partial charge in [0.2, 0.25) is 0 Å². The van der Waals surface area contributed by atoms with Crippen molar-refractivity contribution in [3.05, 3.63) is 57.5 Å². The Bertz CT molecular complexity index is 598. The molecule has 0 amide bonds. The molecular weight excluding hydrogens is 328 g/mol. The second-order valence-electron chi connectivity index (χ2n) is 4.62. The number of hydrogen-bond acceptors (Lipinski definition) is 2. The van der Waals surface area contributed by atoms with Crippen LogP contribution in [0.3, 0.4) is 0 Å². The lowest BCUT2D eigenvalue weighted by Crippen LogP contribution is -2.25. The Hall–Kier alpha value is -1.20. The van der Waals surface area contributed by atoms with Crippen LogP contribution in [0.4, 0.5) is 8.78 Å². The smallest absolute Gasteiger partial charge is 0.169 e. The van der Waals surface area contributed by atoms with Crippen LogP contribution in [0, 0.1) is 18.6 Å². The van der Waals surface area contributed by atoms with E-state index in [1.807, 2.05) is 6.92 Å². The summed E-state index contributed by atoms with van der Waals surface area (Å²) in [5.74, 6) is -0.630. The molecule has 0 saturated carbocycles. The topological polar surface area (TPSA) is 25.2 Å². The molecule has 0 aliphatic heterocycles. The summed E-state index contributed by atoms with van der Waals surface area (Å²) in [5, 5.41) is 3.13. The average Bonchev–Trinajstić information content (AvgIpc) is 2.84. The highest BCUT2D eigenvalue weighted by atomic mass is 79.9.